The Morgan fingerprint density at radius 2 is 1.88 bits per heavy atom. The summed E-state index contributed by atoms with van der Waals surface area (Å²) in [5.41, 5.74) is 4.18. The average Bonchev–Trinajstić information content (AvgIpc) is 2.70. The summed E-state index contributed by atoms with van der Waals surface area (Å²) >= 11 is 5.78. The minimum absolute atomic E-state index is 0.399. The van der Waals surface area contributed by atoms with Gasteiger partial charge in [0.25, 0.3) is 0 Å². The topological polar surface area (TPSA) is 30.7 Å². The van der Waals surface area contributed by atoms with Gasteiger partial charge >= 0.3 is 0 Å². The first-order valence-corrected chi connectivity index (χ1v) is 6.24. The monoisotopic (exact) mass is 249 g/mol. The zero-order valence-electron chi connectivity index (χ0n) is 10.3. The quantitative estimate of drug-likeness (QED) is 0.781. The highest BCUT2D eigenvalue weighted by Crippen LogP contribution is 2.18. The summed E-state index contributed by atoms with van der Waals surface area (Å²) in [5, 5.41) is 8.16. The molecule has 0 fully saturated rings. The number of aromatic nitrogens is 3. The highest BCUT2D eigenvalue weighted by molar-refractivity contribution is 6.16. The van der Waals surface area contributed by atoms with E-state index in [1.807, 2.05) is 11.6 Å². The summed E-state index contributed by atoms with van der Waals surface area (Å²) < 4.78 is 1.82. The van der Waals surface area contributed by atoms with Crippen molar-refractivity contribution in [1.29, 1.82) is 0 Å². The smallest absolute Gasteiger partial charge is 0.101 e. The first kappa shape index (κ1) is 12.1. The third-order valence-electron chi connectivity index (χ3n) is 2.92. The number of benzene rings is 1. The van der Waals surface area contributed by atoms with Gasteiger partial charge in [0.2, 0.25) is 0 Å². The van der Waals surface area contributed by atoms with Crippen LogP contribution in [0.2, 0.25) is 0 Å². The number of hydrogen-bond acceptors (Lipinski definition) is 2. The predicted molar refractivity (Wildman–Crippen MR) is 69.7 cm³/mol. The third-order valence-corrected chi connectivity index (χ3v) is 3.17. The van der Waals surface area contributed by atoms with Gasteiger partial charge in [-0.3, -0.25) is 0 Å². The molecule has 1 heterocycles. The Balaban J connectivity index is 2.36. The van der Waals surface area contributed by atoms with Crippen LogP contribution in [0.1, 0.15) is 36.7 Å². The second-order valence-corrected chi connectivity index (χ2v) is 4.68. The maximum atomic E-state index is 5.78. The lowest BCUT2D eigenvalue weighted by molar-refractivity contribution is 0.781. The zero-order chi connectivity index (χ0) is 12.4. The molecule has 1 aromatic carbocycles. The van der Waals surface area contributed by atoms with Crippen LogP contribution in [0.15, 0.2) is 24.3 Å². The fourth-order valence-corrected chi connectivity index (χ4v) is 1.98. The second kappa shape index (κ2) is 4.88. The van der Waals surface area contributed by atoms with Crippen molar-refractivity contribution >= 4 is 11.6 Å². The predicted octanol–water partition coefficient (Wildman–Crippen LogP) is 3.44. The van der Waals surface area contributed by atoms with E-state index in [0.717, 1.165) is 17.1 Å². The maximum Gasteiger partial charge on any atom is 0.101 e. The lowest BCUT2D eigenvalue weighted by Crippen LogP contribution is -2.00. The van der Waals surface area contributed by atoms with Gasteiger partial charge in [0.15, 0.2) is 0 Å². The summed E-state index contributed by atoms with van der Waals surface area (Å²) in [5.74, 6) is 0.940. The molecule has 3 nitrogen and oxygen atoms in total. The van der Waals surface area contributed by atoms with E-state index in [1.165, 1.54) is 5.56 Å². The van der Waals surface area contributed by atoms with Crippen molar-refractivity contribution in [3.05, 3.63) is 41.2 Å². The molecule has 0 atom stereocenters. The molecular formula is C13H16ClN3. The van der Waals surface area contributed by atoms with Crippen LogP contribution in [0.4, 0.5) is 0 Å². The van der Waals surface area contributed by atoms with Crippen LogP contribution in [-0.4, -0.2) is 15.0 Å². The first-order chi connectivity index (χ1) is 8.13. The van der Waals surface area contributed by atoms with Crippen molar-refractivity contribution in [2.75, 3.05) is 0 Å². The van der Waals surface area contributed by atoms with E-state index in [9.17, 15) is 0 Å². The van der Waals surface area contributed by atoms with Gasteiger partial charge in [-0.05, 0) is 30.5 Å². The number of alkyl halides is 1. The van der Waals surface area contributed by atoms with Gasteiger partial charge < -0.3 is 0 Å². The molecule has 1 aromatic heterocycles. The normalized spacial score (nSPS) is 11.1. The minimum Gasteiger partial charge on any atom is -0.218 e. The Kier molecular flexibility index (Phi) is 3.48. The average molecular weight is 250 g/mol. The van der Waals surface area contributed by atoms with Crippen LogP contribution >= 0.6 is 11.6 Å². The van der Waals surface area contributed by atoms with Crippen molar-refractivity contribution in [3.63, 3.8) is 0 Å². The summed E-state index contributed by atoms with van der Waals surface area (Å²) in [6.45, 7) is 6.34. The standard InChI is InChI=1S/C13H16ClN3/c1-9(2)11-4-6-12(7-5-11)17-10(3)13(8-14)15-16-17/h4-7,9H,8H2,1-3H3. The molecule has 90 valence electrons. The van der Waals surface area contributed by atoms with Crippen molar-refractivity contribution in [3.8, 4) is 5.69 Å². The molecule has 4 heteroatoms. The largest absolute Gasteiger partial charge is 0.218 e. The summed E-state index contributed by atoms with van der Waals surface area (Å²) in [6, 6.07) is 8.38. The van der Waals surface area contributed by atoms with Gasteiger partial charge in [0, 0.05) is 0 Å². The number of hydrogen-bond donors (Lipinski definition) is 0. The van der Waals surface area contributed by atoms with Crippen LogP contribution in [-0.2, 0) is 5.88 Å². The van der Waals surface area contributed by atoms with E-state index < -0.39 is 0 Å². The van der Waals surface area contributed by atoms with Crippen molar-refractivity contribution in [2.45, 2.75) is 32.6 Å². The Morgan fingerprint density at radius 1 is 1.24 bits per heavy atom. The van der Waals surface area contributed by atoms with E-state index in [1.54, 1.807) is 0 Å². The lowest BCUT2D eigenvalue weighted by Gasteiger charge is -2.07. The molecule has 0 unspecified atom stereocenters. The molecule has 2 rings (SSSR count). The Bertz CT molecular complexity index is 500. The molecule has 0 spiro atoms. The van der Waals surface area contributed by atoms with Crippen LogP contribution in [0.3, 0.4) is 0 Å². The fraction of sp³-hybridized carbons (Fsp3) is 0.385. The molecule has 0 aliphatic carbocycles. The Labute approximate surface area is 106 Å². The van der Waals surface area contributed by atoms with Gasteiger partial charge in [-0.2, -0.15) is 0 Å². The van der Waals surface area contributed by atoms with E-state index in [0.29, 0.717) is 11.8 Å². The lowest BCUT2D eigenvalue weighted by atomic mass is 10.0. The van der Waals surface area contributed by atoms with Crippen LogP contribution in [0, 0.1) is 6.92 Å². The number of rotatable bonds is 3. The molecule has 0 aliphatic rings. The maximum absolute atomic E-state index is 5.78. The van der Waals surface area contributed by atoms with Crippen molar-refractivity contribution in [2.24, 2.45) is 0 Å². The molecular weight excluding hydrogens is 234 g/mol. The Morgan fingerprint density at radius 3 is 2.35 bits per heavy atom. The van der Waals surface area contributed by atoms with E-state index in [2.05, 4.69) is 48.4 Å². The Hall–Kier alpha value is -1.35. The second-order valence-electron chi connectivity index (χ2n) is 4.41. The van der Waals surface area contributed by atoms with E-state index in [4.69, 9.17) is 11.6 Å². The van der Waals surface area contributed by atoms with Gasteiger partial charge in [-0.15, -0.1) is 16.7 Å². The van der Waals surface area contributed by atoms with Gasteiger partial charge in [0.05, 0.1) is 17.3 Å². The minimum atomic E-state index is 0.399. The molecule has 0 amide bonds. The van der Waals surface area contributed by atoms with Gasteiger partial charge in [0.1, 0.15) is 5.69 Å². The molecule has 0 saturated heterocycles. The van der Waals surface area contributed by atoms with Crippen LogP contribution in [0.25, 0.3) is 5.69 Å². The fourth-order valence-electron chi connectivity index (χ4n) is 1.73. The van der Waals surface area contributed by atoms with E-state index in [-0.39, 0.29) is 0 Å². The highest BCUT2D eigenvalue weighted by Gasteiger charge is 2.09. The molecule has 2 aromatic rings. The number of halogens is 1. The SMILES string of the molecule is Cc1c(CCl)nnn1-c1ccc(C(C)C)cc1. The van der Waals surface area contributed by atoms with Crippen molar-refractivity contribution < 1.29 is 0 Å². The summed E-state index contributed by atoms with van der Waals surface area (Å²) in [7, 11) is 0. The molecule has 0 bridgehead atoms. The third kappa shape index (κ3) is 2.34. The summed E-state index contributed by atoms with van der Waals surface area (Å²) in [6.07, 6.45) is 0. The zero-order valence-corrected chi connectivity index (χ0v) is 11.1. The van der Waals surface area contributed by atoms with Gasteiger partial charge in [-0.1, -0.05) is 31.2 Å². The van der Waals surface area contributed by atoms with E-state index >= 15 is 0 Å². The molecule has 0 N–H and O–H groups in total. The number of nitrogens with zero attached hydrogens (tertiary/aromatic N) is 3. The molecule has 0 radical (unpaired) electrons. The van der Waals surface area contributed by atoms with Crippen LogP contribution < -0.4 is 0 Å². The summed E-state index contributed by atoms with van der Waals surface area (Å²) in [4.78, 5) is 0. The molecule has 0 aliphatic heterocycles. The molecule has 0 saturated carbocycles. The highest BCUT2D eigenvalue weighted by atomic mass is 35.5. The van der Waals surface area contributed by atoms with Gasteiger partial charge in [-0.25, -0.2) is 4.68 Å². The first-order valence-electron chi connectivity index (χ1n) is 5.71. The van der Waals surface area contributed by atoms with Crippen LogP contribution in [0.5, 0.6) is 0 Å². The van der Waals surface area contributed by atoms with Crippen molar-refractivity contribution in [1.82, 2.24) is 15.0 Å². The molecule has 17 heavy (non-hydrogen) atoms.